The van der Waals surface area contributed by atoms with Crippen molar-refractivity contribution in [3.8, 4) is 0 Å². The lowest BCUT2D eigenvalue weighted by atomic mass is 9.74. The Labute approximate surface area is 224 Å². The topological polar surface area (TPSA) is 52.6 Å². The second kappa shape index (κ2) is 10.8. The van der Waals surface area contributed by atoms with Gasteiger partial charge < -0.3 is 15.3 Å². The Morgan fingerprint density at radius 2 is 1.54 bits per heavy atom. The van der Waals surface area contributed by atoms with Crippen LogP contribution in [0.5, 0.6) is 0 Å². The number of piperidine rings is 1. The Morgan fingerprint density at radius 1 is 0.974 bits per heavy atom. The van der Waals surface area contributed by atoms with Gasteiger partial charge in [0.2, 0.25) is 5.91 Å². The molecule has 214 valence electrons. The van der Waals surface area contributed by atoms with Crippen LogP contribution in [0.15, 0.2) is 48.5 Å². The number of carbonyl (C=O) groups excluding carboxylic acids is 1. The van der Waals surface area contributed by atoms with Crippen LogP contribution < -0.4 is 5.32 Å². The van der Waals surface area contributed by atoms with Crippen molar-refractivity contribution in [1.82, 2.24) is 10.2 Å². The molecule has 4 rings (SSSR count). The number of nitrogens with zero attached hydrogens (tertiary/aromatic N) is 1. The summed E-state index contributed by atoms with van der Waals surface area (Å²) in [6.45, 7) is 4.72. The van der Waals surface area contributed by atoms with E-state index in [-0.39, 0.29) is 29.5 Å². The Kier molecular flexibility index (Phi) is 8.11. The van der Waals surface area contributed by atoms with Gasteiger partial charge >= 0.3 is 12.4 Å². The van der Waals surface area contributed by atoms with Crippen molar-refractivity contribution in [2.45, 2.75) is 76.5 Å². The summed E-state index contributed by atoms with van der Waals surface area (Å²) in [4.78, 5) is 15.7. The minimum Gasteiger partial charge on any atom is -0.385 e. The molecular formula is C29H34F6N2O2. The molecule has 1 saturated carbocycles. The van der Waals surface area contributed by atoms with E-state index in [1.807, 2.05) is 44.2 Å². The molecule has 0 aromatic heterocycles. The summed E-state index contributed by atoms with van der Waals surface area (Å²) < 4.78 is 79.4. The quantitative estimate of drug-likeness (QED) is 0.399. The van der Waals surface area contributed by atoms with Gasteiger partial charge in [0, 0.05) is 25.7 Å². The van der Waals surface area contributed by atoms with Crippen LogP contribution >= 0.6 is 0 Å². The van der Waals surface area contributed by atoms with Crippen molar-refractivity contribution in [3.05, 3.63) is 70.8 Å². The van der Waals surface area contributed by atoms with E-state index >= 15 is 0 Å². The molecule has 39 heavy (non-hydrogen) atoms. The van der Waals surface area contributed by atoms with Gasteiger partial charge in [-0.25, -0.2) is 0 Å². The monoisotopic (exact) mass is 556 g/mol. The Hall–Kier alpha value is -2.59. The number of aliphatic hydroxyl groups is 1. The zero-order chi connectivity index (χ0) is 28.6. The summed E-state index contributed by atoms with van der Waals surface area (Å²) in [5, 5.41) is 13.8. The third-order valence-corrected chi connectivity index (χ3v) is 8.63. The molecule has 2 aromatic rings. The lowest BCUT2D eigenvalue weighted by Crippen LogP contribution is -2.48. The lowest BCUT2D eigenvalue weighted by Gasteiger charge is -2.42. The van der Waals surface area contributed by atoms with E-state index in [2.05, 4.69) is 10.2 Å². The van der Waals surface area contributed by atoms with Crippen LogP contribution in [0.25, 0.3) is 0 Å². The molecule has 1 saturated heterocycles. The van der Waals surface area contributed by atoms with E-state index in [0.717, 1.165) is 12.0 Å². The molecule has 1 aliphatic carbocycles. The smallest absolute Gasteiger partial charge is 0.385 e. The molecule has 1 amide bonds. The number of alkyl halides is 6. The van der Waals surface area contributed by atoms with Crippen molar-refractivity contribution in [1.29, 1.82) is 0 Å². The molecule has 2 aliphatic rings. The maximum Gasteiger partial charge on any atom is 0.416 e. The highest BCUT2D eigenvalue weighted by Gasteiger charge is 2.49. The van der Waals surface area contributed by atoms with Crippen LogP contribution in [0.3, 0.4) is 0 Å². The number of nitrogens with one attached hydrogen (secondary N) is 1. The van der Waals surface area contributed by atoms with Crippen LogP contribution in [-0.4, -0.2) is 35.0 Å². The normalized spacial score (nSPS) is 24.2. The first-order chi connectivity index (χ1) is 18.1. The average molecular weight is 557 g/mol. The predicted molar refractivity (Wildman–Crippen MR) is 134 cm³/mol. The second-order valence-corrected chi connectivity index (χ2v) is 11.2. The predicted octanol–water partition coefficient (Wildman–Crippen LogP) is 6.52. The van der Waals surface area contributed by atoms with Gasteiger partial charge in [0.05, 0.1) is 22.1 Å². The average Bonchev–Trinajstić information content (AvgIpc) is 3.34. The second-order valence-electron chi connectivity index (χ2n) is 11.2. The highest BCUT2D eigenvalue weighted by Crippen LogP contribution is 2.47. The first-order valence-corrected chi connectivity index (χ1v) is 13.2. The number of hydrogen-bond acceptors (Lipinski definition) is 3. The zero-order valence-electron chi connectivity index (χ0n) is 22.0. The van der Waals surface area contributed by atoms with Crippen LogP contribution in [0.1, 0.15) is 68.2 Å². The van der Waals surface area contributed by atoms with Crippen molar-refractivity contribution in [2.24, 2.45) is 11.3 Å². The van der Waals surface area contributed by atoms with Crippen molar-refractivity contribution < 1.29 is 36.2 Å². The Balaban J connectivity index is 1.44. The molecule has 0 spiro atoms. The molecule has 2 aromatic carbocycles. The van der Waals surface area contributed by atoms with Gasteiger partial charge in [-0.2, -0.15) is 26.3 Å². The first-order valence-electron chi connectivity index (χ1n) is 13.2. The SMILES string of the molecule is CC(C)C1(C(=O)NCc2cc(C(F)(F)F)cc(C(F)(F)F)c2)CCC(N2CCC(O)(c3ccccc3)CC2)C1. The fourth-order valence-corrected chi connectivity index (χ4v) is 6.13. The van der Waals surface area contributed by atoms with Crippen molar-refractivity contribution >= 4 is 5.91 Å². The van der Waals surface area contributed by atoms with Crippen LogP contribution in [0.2, 0.25) is 0 Å². The minimum absolute atomic E-state index is 0.0826. The van der Waals surface area contributed by atoms with Gasteiger partial charge in [-0.15, -0.1) is 0 Å². The molecule has 1 heterocycles. The summed E-state index contributed by atoms with van der Waals surface area (Å²) in [5.41, 5.74) is -3.86. The van der Waals surface area contributed by atoms with Gasteiger partial charge in [-0.05, 0) is 67.3 Å². The Morgan fingerprint density at radius 3 is 2.05 bits per heavy atom. The third kappa shape index (κ3) is 6.27. The number of likely N-dealkylation sites (tertiary alicyclic amines) is 1. The number of benzene rings is 2. The summed E-state index contributed by atoms with van der Waals surface area (Å²) in [7, 11) is 0. The fourth-order valence-electron chi connectivity index (χ4n) is 6.13. The van der Waals surface area contributed by atoms with E-state index < -0.39 is 41.0 Å². The zero-order valence-corrected chi connectivity index (χ0v) is 22.0. The van der Waals surface area contributed by atoms with E-state index in [1.165, 1.54) is 0 Å². The highest BCUT2D eigenvalue weighted by atomic mass is 19.4. The van der Waals surface area contributed by atoms with Crippen LogP contribution in [0.4, 0.5) is 26.3 Å². The van der Waals surface area contributed by atoms with Crippen LogP contribution in [0, 0.1) is 11.3 Å². The third-order valence-electron chi connectivity index (χ3n) is 8.63. The van der Waals surface area contributed by atoms with Gasteiger partial charge in [-0.3, -0.25) is 4.79 Å². The standard InChI is InChI=1S/C29H34F6N2O2/c1-19(2)26(25(38)36-18-20-14-22(28(30,31)32)16-23(15-20)29(33,34)35)9-8-24(17-26)37-12-10-27(39,11-13-37)21-6-4-3-5-7-21/h3-7,14-16,19,24,39H,8-13,17-18H2,1-2H3,(H,36,38). The summed E-state index contributed by atoms with van der Waals surface area (Å²) >= 11 is 0. The van der Waals surface area contributed by atoms with Gasteiger partial charge in [-0.1, -0.05) is 44.2 Å². The largest absolute Gasteiger partial charge is 0.416 e. The molecule has 0 radical (unpaired) electrons. The molecule has 1 aliphatic heterocycles. The van der Waals surface area contributed by atoms with E-state index in [0.29, 0.717) is 50.9 Å². The van der Waals surface area contributed by atoms with Crippen LogP contribution in [-0.2, 0) is 29.3 Å². The molecule has 0 bridgehead atoms. The number of hydrogen-bond donors (Lipinski definition) is 2. The summed E-state index contributed by atoms with van der Waals surface area (Å²) in [6.07, 6.45) is -6.92. The van der Waals surface area contributed by atoms with E-state index in [9.17, 15) is 36.2 Å². The molecular weight excluding hydrogens is 522 g/mol. The minimum atomic E-state index is -4.95. The van der Waals surface area contributed by atoms with E-state index in [4.69, 9.17) is 0 Å². The number of rotatable bonds is 6. The lowest BCUT2D eigenvalue weighted by molar-refractivity contribution is -0.143. The molecule has 4 nitrogen and oxygen atoms in total. The molecule has 2 unspecified atom stereocenters. The van der Waals surface area contributed by atoms with E-state index in [1.54, 1.807) is 0 Å². The number of carbonyl (C=O) groups is 1. The number of halogens is 6. The maximum absolute atomic E-state index is 13.4. The van der Waals surface area contributed by atoms with Gasteiger partial charge in [0.1, 0.15) is 0 Å². The van der Waals surface area contributed by atoms with Crippen molar-refractivity contribution in [2.75, 3.05) is 13.1 Å². The van der Waals surface area contributed by atoms with Gasteiger partial charge in [0.25, 0.3) is 0 Å². The molecule has 2 atom stereocenters. The summed E-state index contributed by atoms with van der Waals surface area (Å²) in [6, 6.07) is 11.0. The fraction of sp³-hybridized carbons (Fsp3) is 0.552. The number of amides is 1. The molecule has 2 fully saturated rings. The molecule has 10 heteroatoms. The highest BCUT2D eigenvalue weighted by molar-refractivity contribution is 5.83. The first kappa shape index (κ1) is 29.4. The van der Waals surface area contributed by atoms with Crippen molar-refractivity contribution in [3.63, 3.8) is 0 Å². The maximum atomic E-state index is 13.4. The van der Waals surface area contributed by atoms with Gasteiger partial charge in [0.15, 0.2) is 0 Å². The Bertz CT molecular complexity index is 1120. The summed E-state index contributed by atoms with van der Waals surface area (Å²) in [5.74, 6) is -0.440. The molecule has 2 N–H and O–H groups in total.